The Labute approximate surface area is 195 Å². The molecule has 3 amide bonds. The zero-order valence-corrected chi connectivity index (χ0v) is 19.2. The third kappa shape index (κ3) is 5.13. The lowest BCUT2D eigenvalue weighted by Crippen LogP contribution is -2.52. The number of ether oxygens (including phenoxy) is 1. The van der Waals surface area contributed by atoms with E-state index in [0.717, 1.165) is 57.7 Å². The summed E-state index contributed by atoms with van der Waals surface area (Å²) in [4.78, 5) is 40.6. The fourth-order valence-corrected chi connectivity index (χ4v) is 5.54. The maximum atomic E-state index is 12.9. The van der Waals surface area contributed by atoms with E-state index in [2.05, 4.69) is 21.6 Å². The smallest absolute Gasteiger partial charge is 0.255 e. The Balaban J connectivity index is 1.12. The topological polar surface area (TPSA) is 91.0 Å². The Morgan fingerprint density at radius 1 is 1.00 bits per heavy atom. The van der Waals surface area contributed by atoms with Crippen molar-refractivity contribution >= 4 is 17.7 Å². The first-order chi connectivity index (χ1) is 16.1. The highest BCUT2D eigenvalue weighted by Gasteiger charge is 2.39. The lowest BCUT2D eigenvalue weighted by atomic mass is 9.99. The van der Waals surface area contributed by atoms with Crippen LogP contribution in [-0.2, 0) is 27.4 Å². The van der Waals surface area contributed by atoms with Crippen LogP contribution in [0, 0.1) is 5.92 Å². The molecule has 2 N–H and O–H groups in total. The maximum Gasteiger partial charge on any atom is 0.255 e. The van der Waals surface area contributed by atoms with E-state index >= 15 is 0 Å². The molecule has 0 spiro atoms. The van der Waals surface area contributed by atoms with Crippen LogP contribution in [0.2, 0.25) is 0 Å². The van der Waals surface area contributed by atoms with Crippen molar-refractivity contribution in [3.05, 3.63) is 34.9 Å². The summed E-state index contributed by atoms with van der Waals surface area (Å²) in [6.07, 6.45) is 5.62. The monoisotopic (exact) mass is 454 g/mol. The summed E-state index contributed by atoms with van der Waals surface area (Å²) in [5.74, 6) is -0.0306. The van der Waals surface area contributed by atoms with Crippen LogP contribution >= 0.6 is 0 Å². The Bertz CT molecular complexity index is 906. The van der Waals surface area contributed by atoms with Crippen LogP contribution in [0.25, 0.3) is 0 Å². The van der Waals surface area contributed by atoms with E-state index in [1.165, 1.54) is 18.4 Å². The minimum atomic E-state index is -0.560. The van der Waals surface area contributed by atoms with Crippen molar-refractivity contribution in [2.45, 2.75) is 63.8 Å². The molecule has 0 saturated carbocycles. The third-order valence-corrected chi connectivity index (χ3v) is 7.56. The van der Waals surface area contributed by atoms with Crippen molar-refractivity contribution < 1.29 is 19.1 Å². The van der Waals surface area contributed by atoms with Crippen molar-refractivity contribution in [2.75, 3.05) is 32.8 Å². The van der Waals surface area contributed by atoms with Gasteiger partial charge in [0.25, 0.3) is 5.91 Å². The largest absolute Gasteiger partial charge is 0.378 e. The Hall–Kier alpha value is -2.29. The quantitative estimate of drug-likeness (QED) is 0.632. The van der Waals surface area contributed by atoms with E-state index in [1.807, 2.05) is 12.1 Å². The molecular weight excluding hydrogens is 420 g/mol. The first kappa shape index (κ1) is 22.5. The highest BCUT2D eigenvalue weighted by Crippen LogP contribution is 2.29. The highest BCUT2D eigenvalue weighted by atomic mass is 16.5. The van der Waals surface area contributed by atoms with Gasteiger partial charge in [0.1, 0.15) is 6.04 Å². The second-order valence-electron chi connectivity index (χ2n) is 9.89. The Morgan fingerprint density at radius 2 is 1.79 bits per heavy atom. The molecule has 0 bridgehead atoms. The highest BCUT2D eigenvalue weighted by molar-refractivity contribution is 6.05. The van der Waals surface area contributed by atoms with Crippen LogP contribution in [0.15, 0.2) is 18.2 Å². The average molecular weight is 455 g/mol. The molecule has 178 valence electrons. The second kappa shape index (κ2) is 9.91. The van der Waals surface area contributed by atoms with Crippen molar-refractivity contribution in [1.29, 1.82) is 0 Å². The molecule has 4 aliphatic rings. The number of fused-ring (bicyclic) bond motifs is 1. The fourth-order valence-electron chi connectivity index (χ4n) is 5.54. The van der Waals surface area contributed by atoms with E-state index in [1.54, 1.807) is 4.90 Å². The molecule has 1 atom stereocenters. The Kier molecular flexibility index (Phi) is 6.76. The number of likely N-dealkylation sites (tertiary alicyclic amines) is 1. The summed E-state index contributed by atoms with van der Waals surface area (Å²) in [5.41, 5.74) is 2.84. The number of hydrogen-bond acceptors (Lipinski definition) is 6. The molecule has 5 rings (SSSR count). The second-order valence-corrected chi connectivity index (χ2v) is 9.89. The minimum absolute atomic E-state index is 0.113. The van der Waals surface area contributed by atoms with Crippen molar-refractivity contribution in [1.82, 2.24) is 20.4 Å². The number of imide groups is 1. The third-order valence-electron chi connectivity index (χ3n) is 7.56. The molecule has 0 aromatic heterocycles. The normalized spacial score (nSPS) is 25.4. The van der Waals surface area contributed by atoms with E-state index in [-0.39, 0.29) is 24.1 Å². The van der Waals surface area contributed by atoms with Gasteiger partial charge in [-0.25, -0.2) is 0 Å². The first-order valence-corrected chi connectivity index (χ1v) is 12.4. The molecule has 4 aliphatic heterocycles. The number of nitrogens with one attached hydrogen (secondary N) is 2. The van der Waals surface area contributed by atoms with Gasteiger partial charge >= 0.3 is 0 Å². The molecule has 0 radical (unpaired) electrons. The SMILES string of the molecule is O=C1CCC(N2Cc3cc(CN4CCC(OCC5CCNCC5)CC4)ccc3C2=O)C(=O)N1. The zero-order chi connectivity index (χ0) is 22.8. The van der Waals surface area contributed by atoms with Crippen molar-refractivity contribution in [3.8, 4) is 0 Å². The molecule has 8 nitrogen and oxygen atoms in total. The maximum absolute atomic E-state index is 12.9. The molecule has 33 heavy (non-hydrogen) atoms. The molecule has 0 aliphatic carbocycles. The number of carbonyl (C=O) groups excluding carboxylic acids is 3. The number of carbonyl (C=O) groups is 3. The van der Waals surface area contributed by atoms with Crippen molar-refractivity contribution in [2.24, 2.45) is 5.92 Å². The minimum Gasteiger partial charge on any atom is -0.378 e. The van der Waals surface area contributed by atoms with Crippen LogP contribution in [0.1, 0.15) is 60.0 Å². The molecular formula is C25H34N4O4. The predicted octanol–water partition coefficient (Wildman–Crippen LogP) is 1.43. The molecule has 3 saturated heterocycles. The van der Waals surface area contributed by atoms with Gasteiger partial charge in [0, 0.05) is 44.8 Å². The van der Waals surface area contributed by atoms with Gasteiger partial charge in [-0.3, -0.25) is 24.6 Å². The van der Waals surface area contributed by atoms with E-state index in [4.69, 9.17) is 4.74 Å². The van der Waals surface area contributed by atoms with Gasteiger partial charge in [-0.1, -0.05) is 12.1 Å². The Morgan fingerprint density at radius 3 is 2.55 bits per heavy atom. The molecule has 4 heterocycles. The van der Waals surface area contributed by atoms with Gasteiger partial charge < -0.3 is 15.0 Å². The summed E-state index contributed by atoms with van der Waals surface area (Å²) in [5, 5.41) is 5.77. The van der Waals surface area contributed by atoms with Crippen LogP contribution < -0.4 is 10.6 Å². The lowest BCUT2D eigenvalue weighted by Gasteiger charge is -2.33. The summed E-state index contributed by atoms with van der Waals surface area (Å²) in [6, 6.07) is 5.48. The number of amides is 3. The predicted molar refractivity (Wildman–Crippen MR) is 122 cm³/mol. The molecule has 1 aromatic carbocycles. The first-order valence-electron chi connectivity index (χ1n) is 12.4. The van der Waals surface area contributed by atoms with Crippen LogP contribution in [0.5, 0.6) is 0 Å². The van der Waals surface area contributed by atoms with Gasteiger partial charge in [-0.15, -0.1) is 0 Å². The zero-order valence-electron chi connectivity index (χ0n) is 19.2. The van der Waals surface area contributed by atoms with Gasteiger partial charge in [-0.2, -0.15) is 0 Å². The molecule has 1 aromatic rings. The van der Waals surface area contributed by atoms with Crippen LogP contribution in [0.4, 0.5) is 0 Å². The molecule has 3 fully saturated rings. The standard InChI is InChI=1S/C25H34N4O4/c30-23-4-3-22(24(31)27-23)29-15-19-13-18(1-2-21(19)25(29)32)14-28-11-7-20(8-12-28)33-16-17-5-9-26-10-6-17/h1-2,13,17,20,22,26H,3-12,14-16H2,(H,27,30,31). The summed E-state index contributed by atoms with van der Waals surface area (Å²) < 4.78 is 6.23. The van der Waals surface area contributed by atoms with E-state index < -0.39 is 6.04 Å². The van der Waals surface area contributed by atoms with Gasteiger partial charge in [-0.05, 0) is 68.3 Å². The molecule has 8 heteroatoms. The number of nitrogens with zero attached hydrogens (tertiary/aromatic N) is 2. The number of rotatable bonds is 6. The van der Waals surface area contributed by atoms with Gasteiger partial charge in [0.2, 0.25) is 11.8 Å². The van der Waals surface area contributed by atoms with Crippen molar-refractivity contribution in [3.63, 3.8) is 0 Å². The number of hydrogen-bond donors (Lipinski definition) is 2. The van der Waals surface area contributed by atoms with Gasteiger partial charge in [0.15, 0.2) is 0 Å². The van der Waals surface area contributed by atoms with Crippen LogP contribution in [-0.4, -0.2) is 72.5 Å². The van der Waals surface area contributed by atoms with Crippen LogP contribution in [0.3, 0.4) is 0 Å². The summed E-state index contributed by atoms with van der Waals surface area (Å²) in [7, 11) is 0. The number of benzene rings is 1. The summed E-state index contributed by atoms with van der Waals surface area (Å²) in [6.45, 7) is 6.47. The molecule has 1 unspecified atom stereocenters. The average Bonchev–Trinajstić information content (AvgIpc) is 3.15. The van der Waals surface area contributed by atoms with E-state index in [9.17, 15) is 14.4 Å². The fraction of sp³-hybridized carbons (Fsp3) is 0.640. The summed E-state index contributed by atoms with van der Waals surface area (Å²) >= 11 is 0. The number of piperidine rings is 3. The van der Waals surface area contributed by atoms with Gasteiger partial charge in [0.05, 0.1) is 6.10 Å². The van der Waals surface area contributed by atoms with E-state index in [0.29, 0.717) is 30.6 Å². The lowest BCUT2D eigenvalue weighted by molar-refractivity contribution is -0.136.